The molecule has 0 radical (unpaired) electrons. The van der Waals surface area contributed by atoms with Crippen LogP contribution in [0.4, 0.5) is 0 Å². The van der Waals surface area contributed by atoms with Crippen molar-refractivity contribution in [3.63, 3.8) is 0 Å². The van der Waals surface area contributed by atoms with E-state index in [9.17, 15) is 9.59 Å². The van der Waals surface area contributed by atoms with Gasteiger partial charge in [0, 0.05) is 36.3 Å². The van der Waals surface area contributed by atoms with Gasteiger partial charge in [-0.1, -0.05) is 42.5 Å². The zero-order valence-electron chi connectivity index (χ0n) is 15.9. The number of para-hydroxylation sites is 1. The lowest BCUT2D eigenvalue weighted by Gasteiger charge is -2.07. The summed E-state index contributed by atoms with van der Waals surface area (Å²) in [7, 11) is 0. The number of carbonyl (C=O) groups excluding carboxylic acids is 2. The van der Waals surface area contributed by atoms with E-state index in [-0.39, 0.29) is 0 Å². The molecule has 4 heteroatoms. The second-order valence-corrected chi connectivity index (χ2v) is 6.90. The second kappa shape index (κ2) is 8.48. The van der Waals surface area contributed by atoms with E-state index in [2.05, 4.69) is 11.1 Å². The monoisotopic (exact) mass is 380 g/mol. The third kappa shape index (κ3) is 4.06. The molecule has 5 rings (SSSR count). The molecule has 4 aromatic rings. The third-order valence-corrected chi connectivity index (χ3v) is 5.00. The molecule has 0 unspecified atom stereocenters. The van der Waals surface area contributed by atoms with Crippen LogP contribution in [0.25, 0.3) is 17.0 Å². The number of aldehydes is 2. The topological polar surface area (TPSA) is 52.0 Å². The number of nitrogens with zero attached hydrogens (tertiary/aromatic N) is 2. The van der Waals surface area contributed by atoms with E-state index in [0.29, 0.717) is 12.2 Å². The quantitative estimate of drug-likeness (QED) is 0.481. The van der Waals surface area contributed by atoms with Crippen molar-refractivity contribution in [3.05, 3.63) is 107 Å². The van der Waals surface area contributed by atoms with Gasteiger partial charge in [-0.15, -0.1) is 0 Å². The molecule has 142 valence electrons. The van der Waals surface area contributed by atoms with Crippen molar-refractivity contribution in [1.82, 2.24) is 9.55 Å². The Balaban J connectivity index is 0.000000159. The van der Waals surface area contributed by atoms with Gasteiger partial charge in [0.1, 0.15) is 6.29 Å². The summed E-state index contributed by atoms with van der Waals surface area (Å²) in [5.41, 5.74) is 6.24. The zero-order chi connectivity index (χ0) is 20.1. The molecule has 0 aliphatic heterocycles. The van der Waals surface area contributed by atoms with Crippen LogP contribution >= 0.6 is 0 Å². The molecule has 0 atom stereocenters. The fourth-order valence-electron chi connectivity index (χ4n) is 3.56. The first-order valence-corrected chi connectivity index (χ1v) is 9.44. The molecular formula is C25H20N2O2. The van der Waals surface area contributed by atoms with Crippen LogP contribution < -0.4 is 0 Å². The van der Waals surface area contributed by atoms with Crippen LogP contribution in [0.1, 0.15) is 27.2 Å². The van der Waals surface area contributed by atoms with Gasteiger partial charge in [0.25, 0.3) is 0 Å². The number of carbonyl (C=O) groups is 2. The number of fused-ring (bicyclic) bond motifs is 2. The minimum atomic E-state index is 0.685. The molecule has 0 saturated heterocycles. The molecule has 1 aliphatic carbocycles. The van der Waals surface area contributed by atoms with E-state index in [1.807, 2.05) is 71.3 Å². The maximum Gasteiger partial charge on any atom is 0.166 e. The van der Waals surface area contributed by atoms with Crippen LogP contribution in [-0.4, -0.2) is 22.1 Å². The third-order valence-electron chi connectivity index (χ3n) is 5.00. The van der Waals surface area contributed by atoms with Crippen LogP contribution in [0.15, 0.2) is 84.7 Å². The van der Waals surface area contributed by atoms with Gasteiger partial charge in [-0.25, -0.2) is 0 Å². The Labute approximate surface area is 169 Å². The normalized spacial score (nSPS) is 11.9. The summed E-state index contributed by atoms with van der Waals surface area (Å²) in [6.07, 6.45) is 8.12. The Kier molecular flexibility index (Phi) is 5.43. The maximum atomic E-state index is 11.2. The molecule has 1 aliphatic rings. The van der Waals surface area contributed by atoms with Crippen molar-refractivity contribution < 1.29 is 9.59 Å². The highest BCUT2D eigenvalue weighted by atomic mass is 16.1. The largest absolute Gasteiger partial charge is 0.334 e. The number of rotatable bonds is 4. The van der Waals surface area contributed by atoms with Crippen LogP contribution in [0.2, 0.25) is 0 Å². The Morgan fingerprint density at radius 2 is 1.66 bits per heavy atom. The minimum absolute atomic E-state index is 0.685. The summed E-state index contributed by atoms with van der Waals surface area (Å²) in [5, 5.41) is 1.09. The predicted octanol–water partition coefficient (Wildman–Crippen LogP) is 4.72. The average Bonchev–Trinajstić information content (AvgIpc) is 3.36. The number of allylic oxidation sites excluding steroid dienone is 1. The fourth-order valence-corrected chi connectivity index (χ4v) is 3.56. The molecule has 2 aromatic carbocycles. The number of pyridine rings is 1. The standard InChI is InChI=1S/C15H12N2O.C10H8O/c18-11-14-9-13-3-1-2-4-15(13)17(14)10-12-5-7-16-8-6-12;11-7-8-5-9-3-1-2-4-10(9)6-8/h1-9,11H,10H2;1-5,7H,6H2. The van der Waals surface area contributed by atoms with Gasteiger partial charge in [-0.2, -0.15) is 0 Å². The summed E-state index contributed by atoms with van der Waals surface area (Å²) in [6, 6.07) is 21.9. The number of aromatic nitrogens is 2. The van der Waals surface area contributed by atoms with Crippen molar-refractivity contribution in [2.75, 3.05) is 0 Å². The highest BCUT2D eigenvalue weighted by Crippen LogP contribution is 2.23. The lowest BCUT2D eigenvalue weighted by atomic mass is 10.1. The Morgan fingerprint density at radius 3 is 2.41 bits per heavy atom. The van der Waals surface area contributed by atoms with Crippen LogP contribution in [0.5, 0.6) is 0 Å². The van der Waals surface area contributed by atoms with Crippen molar-refractivity contribution >= 4 is 29.6 Å². The highest BCUT2D eigenvalue weighted by molar-refractivity contribution is 5.89. The maximum absolute atomic E-state index is 11.2. The average molecular weight is 380 g/mol. The molecule has 0 N–H and O–H groups in total. The van der Waals surface area contributed by atoms with Gasteiger partial charge in [0.2, 0.25) is 0 Å². The number of benzene rings is 2. The Hall–Kier alpha value is -3.79. The molecule has 0 saturated carbocycles. The highest BCUT2D eigenvalue weighted by Gasteiger charge is 2.10. The van der Waals surface area contributed by atoms with E-state index in [0.717, 1.165) is 41.0 Å². The summed E-state index contributed by atoms with van der Waals surface area (Å²) in [5.74, 6) is 0. The van der Waals surface area contributed by atoms with Crippen molar-refractivity contribution in [2.45, 2.75) is 13.0 Å². The molecule has 2 aromatic heterocycles. The zero-order valence-corrected chi connectivity index (χ0v) is 15.9. The summed E-state index contributed by atoms with van der Waals surface area (Å²) < 4.78 is 2.03. The van der Waals surface area contributed by atoms with Gasteiger partial charge in [0.05, 0.1) is 5.69 Å². The molecule has 0 fully saturated rings. The summed E-state index contributed by atoms with van der Waals surface area (Å²) >= 11 is 0. The van der Waals surface area contributed by atoms with Crippen LogP contribution in [-0.2, 0) is 17.8 Å². The SMILES string of the molecule is O=CC1=Cc2ccccc2C1.O=Cc1cc2ccccc2n1Cc1ccncc1. The van der Waals surface area contributed by atoms with Gasteiger partial charge < -0.3 is 4.57 Å². The second-order valence-electron chi connectivity index (χ2n) is 6.90. The van der Waals surface area contributed by atoms with E-state index >= 15 is 0 Å². The van der Waals surface area contributed by atoms with Gasteiger partial charge in [-0.3, -0.25) is 14.6 Å². The molecule has 0 bridgehead atoms. The molecule has 29 heavy (non-hydrogen) atoms. The van der Waals surface area contributed by atoms with Crippen molar-refractivity contribution in [3.8, 4) is 0 Å². The smallest absolute Gasteiger partial charge is 0.166 e. The van der Waals surface area contributed by atoms with Gasteiger partial charge >= 0.3 is 0 Å². The van der Waals surface area contributed by atoms with Gasteiger partial charge in [-0.05, 0) is 52.6 Å². The first kappa shape index (κ1) is 18.6. The van der Waals surface area contributed by atoms with E-state index in [1.165, 1.54) is 11.1 Å². The lowest BCUT2D eigenvalue weighted by molar-refractivity contribution is -0.104. The first-order valence-electron chi connectivity index (χ1n) is 9.44. The van der Waals surface area contributed by atoms with Crippen molar-refractivity contribution in [2.24, 2.45) is 0 Å². The molecule has 0 spiro atoms. The molecule has 0 amide bonds. The molecular weight excluding hydrogens is 360 g/mol. The molecule has 4 nitrogen and oxygen atoms in total. The number of hydrogen-bond donors (Lipinski definition) is 0. The summed E-state index contributed by atoms with van der Waals surface area (Å²) in [4.78, 5) is 25.6. The van der Waals surface area contributed by atoms with E-state index < -0.39 is 0 Å². The predicted molar refractivity (Wildman–Crippen MR) is 115 cm³/mol. The Bertz CT molecular complexity index is 1190. The van der Waals surface area contributed by atoms with E-state index in [1.54, 1.807) is 12.4 Å². The number of hydrogen-bond acceptors (Lipinski definition) is 3. The first-order chi connectivity index (χ1) is 14.3. The lowest BCUT2D eigenvalue weighted by Crippen LogP contribution is -2.03. The van der Waals surface area contributed by atoms with Crippen LogP contribution in [0.3, 0.4) is 0 Å². The fraction of sp³-hybridized carbons (Fsp3) is 0.0800. The Morgan fingerprint density at radius 1 is 0.897 bits per heavy atom. The minimum Gasteiger partial charge on any atom is -0.334 e. The van der Waals surface area contributed by atoms with Crippen LogP contribution in [0, 0.1) is 0 Å². The van der Waals surface area contributed by atoms with Gasteiger partial charge in [0.15, 0.2) is 6.29 Å². The molecule has 2 heterocycles. The van der Waals surface area contributed by atoms with Crippen molar-refractivity contribution in [1.29, 1.82) is 0 Å². The summed E-state index contributed by atoms with van der Waals surface area (Å²) in [6.45, 7) is 0.685. The van der Waals surface area contributed by atoms with E-state index in [4.69, 9.17) is 0 Å².